The van der Waals surface area contributed by atoms with Gasteiger partial charge in [-0.1, -0.05) is 0 Å². The van der Waals surface area contributed by atoms with Gasteiger partial charge in [-0.2, -0.15) is 0 Å². The number of aromatic nitrogens is 1. The molecule has 0 atom stereocenters. The molecule has 2 aromatic carbocycles. The molecule has 8 nitrogen and oxygen atoms in total. The Balaban J connectivity index is 2.00. The van der Waals surface area contributed by atoms with Crippen molar-refractivity contribution in [3.8, 4) is 5.75 Å². The number of sulfonamides is 1. The number of methoxy groups -OCH3 is 1. The maximum atomic E-state index is 12.5. The fraction of sp³-hybridized carbons (Fsp3) is 0.286. The molecule has 0 unspecified atom stereocenters. The molecule has 0 saturated carbocycles. The molecule has 158 valence electrons. The highest BCUT2D eigenvalue weighted by Crippen LogP contribution is 2.42. The molecule has 0 saturated heterocycles. The summed E-state index contributed by atoms with van der Waals surface area (Å²) in [5.74, 6) is 0.637. The third kappa shape index (κ3) is 3.20. The first kappa shape index (κ1) is 20.2. The minimum Gasteiger partial charge on any atom is -0.497 e. The highest BCUT2D eigenvalue weighted by molar-refractivity contribution is 7.89. The molecule has 3 aromatic rings. The summed E-state index contributed by atoms with van der Waals surface area (Å²) in [6, 6.07) is 10.6. The molecular weight excluding hydrogens is 404 g/mol. The molecule has 0 aliphatic carbocycles. The van der Waals surface area contributed by atoms with E-state index in [-0.39, 0.29) is 10.5 Å². The average molecular weight is 429 g/mol. The Kier molecular flexibility index (Phi) is 4.74. The quantitative estimate of drug-likeness (QED) is 0.686. The Morgan fingerprint density at radius 1 is 1.00 bits per heavy atom. The number of anilines is 3. The molecule has 1 aliphatic heterocycles. The first-order valence-electron chi connectivity index (χ1n) is 9.45. The maximum absolute atomic E-state index is 12.5. The third-order valence-corrected chi connectivity index (χ3v) is 6.55. The first-order valence-corrected chi connectivity index (χ1v) is 11.0. The Morgan fingerprint density at radius 3 is 2.40 bits per heavy atom. The molecule has 1 aliphatic rings. The van der Waals surface area contributed by atoms with Crippen molar-refractivity contribution in [2.45, 2.75) is 11.8 Å². The van der Waals surface area contributed by atoms with Gasteiger partial charge in [-0.15, -0.1) is 0 Å². The summed E-state index contributed by atoms with van der Waals surface area (Å²) in [5, 5.41) is 6.25. The van der Waals surface area contributed by atoms with Crippen molar-refractivity contribution in [2.24, 2.45) is 12.2 Å². The van der Waals surface area contributed by atoms with Crippen LogP contribution in [0.5, 0.6) is 5.75 Å². The summed E-state index contributed by atoms with van der Waals surface area (Å²) < 4.78 is 30.8. The highest BCUT2D eigenvalue weighted by atomic mass is 32.2. The van der Waals surface area contributed by atoms with Crippen LogP contribution in [0.3, 0.4) is 0 Å². The van der Waals surface area contributed by atoms with Crippen molar-refractivity contribution in [3.63, 3.8) is 0 Å². The van der Waals surface area contributed by atoms with Crippen molar-refractivity contribution >= 4 is 38.0 Å². The van der Waals surface area contributed by atoms with Crippen LogP contribution in [-0.4, -0.2) is 40.2 Å². The van der Waals surface area contributed by atoms with E-state index in [2.05, 4.69) is 4.90 Å². The lowest BCUT2D eigenvalue weighted by atomic mass is 10.1. The van der Waals surface area contributed by atoms with E-state index in [0.717, 1.165) is 28.0 Å². The van der Waals surface area contributed by atoms with Crippen LogP contribution >= 0.6 is 0 Å². The molecule has 1 aromatic heterocycles. The van der Waals surface area contributed by atoms with Crippen molar-refractivity contribution < 1.29 is 13.2 Å². The van der Waals surface area contributed by atoms with Crippen LogP contribution < -0.4 is 25.2 Å². The van der Waals surface area contributed by atoms with Gasteiger partial charge in [0.2, 0.25) is 10.0 Å². The fourth-order valence-corrected chi connectivity index (χ4v) is 4.51. The molecule has 0 bridgehead atoms. The van der Waals surface area contributed by atoms with Gasteiger partial charge in [-0.3, -0.25) is 4.79 Å². The highest BCUT2D eigenvalue weighted by Gasteiger charge is 2.26. The van der Waals surface area contributed by atoms with Crippen LogP contribution in [0, 0.1) is 6.92 Å². The van der Waals surface area contributed by atoms with Crippen molar-refractivity contribution in [1.82, 2.24) is 4.57 Å². The predicted octanol–water partition coefficient (Wildman–Crippen LogP) is 2.09. The predicted molar refractivity (Wildman–Crippen MR) is 119 cm³/mol. The van der Waals surface area contributed by atoms with Crippen LogP contribution in [-0.2, 0) is 17.1 Å². The van der Waals surface area contributed by atoms with E-state index < -0.39 is 10.0 Å². The molecule has 0 amide bonds. The summed E-state index contributed by atoms with van der Waals surface area (Å²) in [6.07, 6.45) is 0. The van der Waals surface area contributed by atoms with Gasteiger partial charge in [-0.25, -0.2) is 13.6 Å². The Labute approximate surface area is 175 Å². The number of pyridine rings is 1. The van der Waals surface area contributed by atoms with Gasteiger partial charge in [0.1, 0.15) is 5.75 Å². The van der Waals surface area contributed by atoms with Crippen LogP contribution in [0.1, 0.15) is 5.56 Å². The number of hydrogen-bond donors (Lipinski definition) is 1. The van der Waals surface area contributed by atoms with Gasteiger partial charge in [-0.05, 0) is 31.2 Å². The summed E-state index contributed by atoms with van der Waals surface area (Å²) >= 11 is 0. The Hall–Kier alpha value is -3.04. The first-order chi connectivity index (χ1) is 14.1. The number of likely N-dealkylation sites (N-methyl/N-ethyl adjacent to an activating group) is 1. The number of ether oxygens (including phenoxy) is 1. The van der Waals surface area contributed by atoms with Crippen molar-refractivity contribution in [2.75, 3.05) is 37.0 Å². The van der Waals surface area contributed by atoms with E-state index in [1.165, 1.54) is 6.07 Å². The molecule has 4 rings (SSSR count). The maximum Gasteiger partial charge on any atom is 0.253 e. The number of benzene rings is 2. The molecule has 0 radical (unpaired) electrons. The zero-order valence-electron chi connectivity index (χ0n) is 17.3. The SMILES string of the molecule is COc1cc(N2CCN(C)c3cc(S(N)(=O)=O)ccc32)c2cc(C)c(=O)n(C)c2c1. The number of rotatable bonds is 3. The van der Waals surface area contributed by atoms with Crippen molar-refractivity contribution in [1.29, 1.82) is 0 Å². The second-order valence-corrected chi connectivity index (χ2v) is 9.10. The van der Waals surface area contributed by atoms with E-state index in [1.807, 2.05) is 30.1 Å². The number of fused-ring (bicyclic) bond motifs is 2. The molecule has 0 fully saturated rings. The lowest BCUT2D eigenvalue weighted by molar-refractivity contribution is 0.415. The van der Waals surface area contributed by atoms with E-state index in [4.69, 9.17) is 9.88 Å². The molecule has 0 spiro atoms. The molecule has 9 heteroatoms. The van der Waals surface area contributed by atoms with Gasteiger partial charge < -0.3 is 19.1 Å². The van der Waals surface area contributed by atoms with Crippen LogP contribution in [0.25, 0.3) is 10.9 Å². The second kappa shape index (κ2) is 7.03. The van der Waals surface area contributed by atoms with E-state index >= 15 is 0 Å². The zero-order chi connectivity index (χ0) is 21.8. The molecule has 30 heavy (non-hydrogen) atoms. The van der Waals surface area contributed by atoms with Crippen LogP contribution in [0.2, 0.25) is 0 Å². The lowest BCUT2D eigenvalue weighted by Crippen LogP contribution is -2.37. The van der Waals surface area contributed by atoms with Crippen LogP contribution in [0.4, 0.5) is 17.1 Å². The lowest BCUT2D eigenvalue weighted by Gasteiger charge is -2.38. The summed E-state index contributed by atoms with van der Waals surface area (Å²) in [6.45, 7) is 3.17. The normalized spacial score (nSPS) is 14.2. The van der Waals surface area contributed by atoms with E-state index in [1.54, 1.807) is 37.8 Å². The Morgan fingerprint density at radius 2 is 1.73 bits per heavy atom. The number of primary sulfonamides is 1. The van der Waals surface area contributed by atoms with Gasteiger partial charge in [0.25, 0.3) is 5.56 Å². The number of nitrogens with zero attached hydrogens (tertiary/aromatic N) is 3. The Bertz CT molecular complexity index is 1330. The van der Waals surface area contributed by atoms with Gasteiger partial charge in [0.05, 0.1) is 34.6 Å². The smallest absolute Gasteiger partial charge is 0.253 e. The van der Waals surface area contributed by atoms with Gasteiger partial charge in [0, 0.05) is 50.3 Å². The largest absolute Gasteiger partial charge is 0.497 e. The van der Waals surface area contributed by atoms with Crippen LogP contribution in [0.15, 0.2) is 46.1 Å². The monoisotopic (exact) mass is 428 g/mol. The summed E-state index contributed by atoms with van der Waals surface area (Å²) in [4.78, 5) is 16.7. The van der Waals surface area contributed by atoms with Gasteiger partial charge >= 0.3 is 0 Å². The topological polar surface area (TPSA) is 97.9 Å². The molecule has 2 heterocycles. The van der Waals surface area contributed by atoms with Gasteiger partial charge in [0.15, 0.2) is 0 Å². The fourth-order valence-electron chi connectivity index (χ4n) is 3.97. The molecular formula is C21H24N4O4S. The zero-order valence-corrected chi connectivity index (χ0v) is 18.2. The average Bonchev–Trinajstić information content (AvgIpc) is 2.71. The molecule has 2 N–H and O–H groups in total. The van der Waals surface area contributed by atoms with E-state index in [0.29, 0.717) is 24.4 Å². The number of nitrogens with two attached hydrogens (primary N) is 1. The third-order valence-electron chi connectivity index (χ3n) is 5.64. The summed E-state index contributed by atoms with van der Waals surface area (Å²) in [7, 11) is 1.45. The minimum atomic E-state index is -3.81. The number of hydrogen-bond acceptors (Lipinski definition) is 6. The standard InChI is InChI=1S/C21H24N4O4S/c1-13-9-16-18(24(3)21(13)26)10-14(29-4)11-19(16)25-8-7-23(2)20-12-15(30(22,27)28)5-6-17(20)25/h5-6,9-12H,7-8H2,1-4H3,(H2,22,27,28). The van der Waals surface area contributed by atoms with E-state index in [9.17, 15) is 13.2 Å². The summed E-state index contributed by atoms with van der Waals surface area (Å²) in [5.41, 5.74) is 3.87. The van der Waals surface area contributed by atoms with Crippen molar-refractivity contribution in [3.05, 3.63) is 52.3 Å². The second-order valence-electron chi connectivity index (χ2n) is 7.54. The minimum absolute atomic E-state index is 0.0572. The number of aryl methyl sites for hydroxylation is 2.